The van der Waals surface area contributed by atoms with Gasteiger partial charge in [-0.3, -0.25) is 14.0 Å². The molecule has 0 N–H and O–H groups in total. The molecule has 106 valence electrons. The number of hydrogen-bond acceptors (Lipinski definition) is 5. The SMILES string of the molecule is COC(=O)C(C(=O)OC)[C@H](CF)COC(C)(C)C. The molecule has 0 aromatic carbocycles. The Labute approximate surface area is 107 Å². The van der Waals surface area contributed by atoms with Crippen molar-refractivity contribution in [2.24, 2.45) is 11.8 Å². The fourth-order valence-corrected chi connectivity index (χ4v) is 1.32. The molecule has 0 radical (unpaired) electrons. The Balaban J connectivity index is 4.82. The molecular formula is C12H21FO5. The lowest BCUT2D eigenvalue weighted by molar-refractivity contribution is -0.164. The lowest BCUT2D eigenvalue weighted by Gasteiger charge is -2.25. The highest BCUT2D eigenvalue weighted by Crippen LogP contribution is 2.20. The highest BCUT2D eigenvalue weighted by Gasteiger charge is 2.37. The molecule has 1 atom stereocenters. The van der Waals surface area contributed by atoms with E-state index >= 15 is 0 Å². The first-order chi connectivity index (χ1) is 8.26. The van der Waals surface area contributed by atoms with E-state index in [0.29, 0.717) is 0 Å². The van der Waals surface area contributed by atoms with Gasteiger partial charge in [0.15, 0.2) is 5.92 Å². The summed E-state index contributed by atoms with van der Waals surface area (Å²) in [6.45, 7) is 4.47. The van der Waals surface area contributed by atoms with Crippen LogP contribution in [0, 0.1) is 11.8 Å². The third-order valence-electron chi connectivity index (χ3n) is 2.31. The van der Waals surface area contributed by atoms with Gasteiger partial charge in [0.05, 0.1) is 33.1 Å². The number of hydrogen-bond donors (Lipinski definition) is 0. The second-order valence-corrected chi connectivity index (χ2v) is 4.86. The molecule has 0 bridgehead atoms. The van der Waals surface area contributed by atoms with Crippen LogP contribution in [0.2, 0.25) is 0 Å². The molecule has 0 aromatic rings. The van der Waals surface area contributed by atoms with E-state index in [0.717, 1.165) is 14.2 Å². The van der Waals surface area contributed by atoms with Gasteiger partial charge in [0.2, 0.25) is 0 Å². The maximum atomic E-state index is 13.0. The number of ether oxygens (including phenoxy) is 3. The van der Waals surface area contributed by atoms with Gasteiger partial charge in [-0.1, -0.05) is 0 Å². The molecule has 5 nitrogen and oxygen atoms in total. The van der Waals surface area contributed by atoms with Crippen LogP contribution in [-0.4, -0.2) is 45.0 Å². The minimum Gasteiger partial charge on any atom is -0.468 e. The number of alkyl halides is 1. The normalized spacial score (nSPS) is 13.3. The number of halogens is 1. The Hall–Kier alpha value is -1.17. The van der Waals surface area contributed by atoms with E-state index in [1.54, 1.807) is 20.8 Å². The molecule has 0 unspecified atom stereocenters. The summed E-state index contributed by atoms with van der Waals surface area (Å²) in [7, 11) is 2.27. The largest absolute Gasteiger partial charge is 0.468 e. The fourth-order valence-electron chi connectivity index (χ4n) is 1.32. The highest BCUT2D eigenvalue weighted by atomic mass is 19.1. The summed E-state index contributed by atoms with van der Waals surface area (Å²) in [5.74, 6) is -3.85. The number of carbonyl (C=O) groups is 2. The van der Waals surface area contributed by atoms with Crippen molar-refractivity contribution < 1.29 is 28.2 Å². The minimum absolute atomic E-state index is 0.0606. The summed E-state index contributed by atoms with van der Waals surface area (Å²) in [5.41, 5.74) is -0.482. The summed E-state index contributed by atoms with van der Waals surface area (Å²) in [6, 6.07) is 0. The van der Waals surface area contributed by atoms with Crippen LogP contribution in [0.15, 0.2) is 0 Å². The van der Waals surface area contributed by atoms with Crippen molar-refractivity contribution in [1.82, 2.24) is 0 Å². The van der Waals surface area contributed by atoms with Gasteiger partial charge in [-0.25, -0.2) is 0 Å². The van der Waals surface area contributed by atoms with Crippen LogP contribution in [0.5, 0.6) is 0 Å². The van der Waals surface area contributed by atoms with Crippen molar-refractivity contribution >= 4 is 11.9 Å². The predicted molar refractivity (Wildman–Crippen MR) is 62.7 cm³/mol. The quantitative estimate of drug-likeness (QED) is 0.535. The highest BCUT2D eigenvalue weighted by molar-refractivity contribution is 5.95. The topological polar surface area (TPSA) is 61.8 Å². The van der Waals surface area contributed by atoms with Crippen LogP contribution in [-0.2, 0) is 23.8 Å². The monoisotopic (exact) mass is 264 g/mol. The second-order valence-electron chi connectivity index (χ2n) is 4.86. The fraction of sp³-hybridized carbons (Fsp3) is 0.833. The minimum atomic E-state index is -1.30. The molecule has 18 heavy (non-hydrogen) atoms. The molecule has 0 aliphatic carbocycles. The Bertz CT molecular complexity index is 269. The van der Waals surface area contributed by atoms with Crippen molar-refractivity contribution in [2.75, 3.05) is 27.5 Å². The lowest BCUT2D eigenvalue weighted by Crippen LogP contribution is -2.38. The molecule has 0 aliphatic heterocycles. The van der Waals surface area contributed by atoms with E-state index in [2.05, 4.69) is 9.47 Å². The van der Waals surface area contributed by atoms with Crippen LogP contribution >= 0.6 is 0 Å². The molecule has 0 aromatic heterocycles. The Morgan fingerprint density at radius 1 is 1.11 bits per heavy atom. The van der Waals surface area contributed by atoms with Crippen LogP contribution in [0.3, 0.4) is 0 Å². The van der Waals surface area contributed by atoms with Crippen LogP contribution in [0.4, 0.5) is 4.39 Å². The Morgan fingerprint density at radius 2 is 1.56 bits per heavy atom. The molecule has 0 spiro atoms. The first-order valence-electron chi connectivity index (χ1n) is 5.62. The zero-order valence-electron chi connectivity index (χ0n) is 11.5. The summed E-state index contributed by atoms with van der Waals surface area (Å²) in [6.07, 6.45) is 0. The van der Waals surface area contributed by atoms with Crippen molar-refractivity contribution in [3.63, 3.8) is 0 Å². The summed E-state index contributed by atoms with van der Waals surface area (Å²) in [5, 5.41) is 0. The van der Waals surface area contributed by atoms with Gasteiger partial charge in [-0.15, -0.1) is 0 Å². The van der Waals surface area contributed by atoms with Crippen LogP contribution < -0.4 is 0 Å². The first-order valence-corrected chi connectivity index (χ1v) is 5.62. The van der Waals surface area contributed by atoms with Crippen molar-refractivity contribution in [1.29, 1.82) is 0 Å². The summed E-state index contributed by atoms with van der Waals surface area (Å²) in [4.78, 5) is 23.0. The van der Waals surface area contributed by atoms with E-state index < -0.39 is 36.1 Å². The molecule has 0 saturated carbocycles. The van der Waals surface area contributed by atoms with Gasteiger partial charge in [0.25, 0.3) is 0 Å². The average molecular weight is 264 g/mol. The molecule has 0 aliphatic rings. The summed E-state index contributed by atoms with van der Waals surface area (Å²) >= 11 is 0. The van der Waals surface area contributed by atoms with Crippen molar-refractivity contribution in [3.8, 4) is 0 Å². The van der Waals surface area contributed by atoms with E-state index in [1.807, 2.05) is 0 Å². The van der Waals surface area contributed by atoms with E-state index in [4.69, 9.17) is 4.74 Å². The maximum Gasteiger partial charge on any atom is 0.320 e. The van der Waals surface area contributed by atoms with E-state index in [1.165, 1.54) is 0 Å². The third kappa shape index (κ3) is 5.44. The van der Waals surface area contributed by atoms with Gasteiger partial charge in [-0.2, -0.15) is 0 Å². The zero-order valence-corrected chi connectivity index (χ0v) is 11.5. The lowest BCUT2D eigenvalue weighted by atomic mass is 9.94. The van der Waals surface area contributed by atoms with Gasteiger partial charge in [0, 0.05) is 5.92 Å². The van der Waals surface area contributed by atoms with Crippen LogP contribution in [0.25, 0.3) is 0 Å². The second kappa shape index (κ2) is 7.31. The standard InChI is InChI=1S/C12H21FO5/c1-12(2,3)18-7-8(6-13)9(10(14)16-4)11(15)17-5/h8-9H,6-7H2,1-5H3/t8-/m1/s1. The van der Waals surface area contributed by atoms with E-state index in [-0.39, 0.29) is 6.61 Å². The predicted octanol–water partition coefficient (Wildman–Crippen LogP) is 1.35. The molecule has 0 saturated heterocycles. The Morgan fingerprint density at radius 3 is 1.83 bits per heavy atom. The molecule has 0 heterocycles. The van der Waals surface area contributed by atoms with Gasteiger partial charge in [-0.05, 0) is 20.8 Å². The molecule has 6 heteroatoms. The number of rotatable bonds is 6. The number of esters is 2. The van der Waals surface area contributed by atoms with Crippen molar-refractivity contribution in [2.45, 2.75) is 26.4 Å². The van der Waals surface area contributed by atoms with Gasteiger partial charge in [0.1, 0.15) is 0 Å². The smallest absolute Gasteiger partial charge is 0.320 e. The number of methoxy groups -OCH3 is 2. The van der Waals surface area contributed by atoms with E-state index in [9.17, 15) is 14.0 Å². The molecule has 0 fully saturated rings. The third-order valence-corrected chi connectivity index (χ3v) is 2.31. The van der Waals surface area contributed by atoms with Gasteiger partial charge >= 0.3 is 11.9 Å². The van der Waals surface area contributed by atoms with Crippen molar-refractivity contribution in [3.05, 3.63) is 0 Å². The average Bonchev–Trinajstić information content (AvgIpc) is 2.31. The molecular weight excluding hydrogens is 243 g/mol. The Kier molecular flexibility index (Phi) is 6.83. The summed E-state index contributed by atoms with van der Waals surface area (Å²) < 4.78 is 27.4. The van der Waals surface area contributed by atoms with Gasteiger partial charge < -0.3 is 14.2 Å². The molecule has 0 amide bonds. The van der Waals surface area contributed by atoms with Crippen LogP contribution in [0.1, 0.15) is 20.8 Å². The number of carbonyl (C=O) groups excluding carboxylic acids is 2. The first kappa shape index (κ1) is 16.8. The maximum absolute atomic E-state index is 13.0. The molecule has 0 rings (SSSR count). The zero-order chi connectivity index (χ0) is 14.3.